The molecule has 0 aromatic carbocycles. The Labute approximate surface area is 124 Å². The van der Waals surface area contributed by atoms with E-state index in [0.29, 0.717) is 4.88 Å². The Bertz CT molecular complexity index is 752. The highest BCUT2D eigenvalue weighted by Gasteiger charge is 2.14. The van der Waals surface area contributed by atoms with Gasteiger partial charge in [0.25, 0.3) is 11.2 Å². The van der Waals surface area contributed by atoms with Crippen molar-refractivity contribution < 1.29 is 14.8 Å². The molecule has 20 heavy (non-hydrogen) atoms. The van der Waals surface area contributed by atoms with E-state index in [1.165, 1.54) is 10.6 Å². The number of aromatic carboxylic acids is 1. The Morgan fingerprint density at radius 2 is 2.20 bits per heavy atom. The molecule has 2 aromatic heterocycles. The van der Waals surface area contributed by atoms with Crippen LogP contribution >= 0.6 is 27.3 Å². The Balaban J connectivity index is 2.39. The van der Waals surface area contributed by atoms with E-state index in [9.17, 15) is 19.7 Å². The molecule has 2 rings (SSSR count). The van der Waals surface area contributed by atoms with Gasteiger partial charge in [0.1, 0.15) is 4.88 Å². The molecule has 0 fully saturated rings. The van der Waals surface area contributed by atoms with Crippen LogP contribution in [-0.2, 0) is 6.54 Å². The predicted molar refractivity (Wildman–Crippen MR) is 75.4 cm³/mol. The fourth-order valence-electron chi connectivity index (χ4n) is 1.55. The van der Waals surface area contributed by atoms with Gasteiger partial charge in [0.05, 0.1) is 22.1 Å². The predicted octanol–water partition coefficient (Wildman–Crippen LogP) is 2.33. The van der Waals surface area contributed by atoms with Crippen LogP contribution in [0.15, 0.2) is 33.7 Å². The summed E-state index contributed by atoms with van der Waals surface area (Å²) in [6, 6.07) is 4.14. The summed E-state index contributed by atoms with van der Waals surface area (Å²) < 4.78 is 1.25. The van der Waals surface area contributed by atoms with Gasteiger partial charge in [-0.2, -0.15) is 0 Å². The van der Waals surface area contributed by atoms with Gasteiger partial charge in [0.2, 0.25) is 0 Å². The van der Waals surface area contributed by atoms with Crippen LogP contribution < -0.4 is 5.56 Å². The third-order valence-electron chi connectivity index (χ3n) is 2.44. The maximum atomic E-state index is 11.9. The molecule has 0 aliphatic carbocycles. The third-order valence-corrected chi connectivity index (χ3v) is 4.06. The number of thiophene rings is 1. The van der Waals surface area contributed by atoms with Gasteiger partial charge in [0.15, 0.2) is 0 Å². The monoisotopic (exact) mass is 358 g/mol. The summed E-state index contributed by atoms with van der Waals surface area (Å²) in [5.74, 6) is -1.05. The number of hydrogen-bond donors (Lipinski definition) is 1. The first kappa shape index (κ1) is 14.4. The molecule has 9 heteroatoms. The minimum Gasteiger partial charge on any atom is -0.477 e. The lowest BCUT2D eigenvalue weighted by Gasteiger charge is -2.04. The first-order valence-corrected chi connectivity index (χ1v) is 6.86. The smallest absolute Gasteiger partial charge is 0.345 e. The van der Waals surface area contributed by atoms with E-state index in [0.717, 1.165) is 23.6 Å². The zero-order chi connectivity index (χ0) is 14.9. The van der Waals surface area contributed by atoms with E-state index in [1.54, 1.807) is 6.07 Å². The number of nitrogens with zero attached hydrogens (tertiary/aromatic N) is 2. The van der Waals surface area contributed by atoms with Crippen LogP contribution in [0.4, 0.5) is 5.69 Å². The first-order valence-electron chi connectivity index (χ1n) is 5.25. The van der Waals surface area contributed by atoms with Crippen molar-refractivity contribution in [3.05, 3.63) is 59.1 Å². The molecule has 1 N–H and O–H groups in total. The third kappa shape index (κ3) is 2.94. The molecule has 0 saturated carbocycles. The van der Waals surface area contributed by atoms with Gasteiger partial charge in [-0.15, -0.1) is 11.3 Å². The van der Waals surface area contributed by atoms with Crippen molar-refractivity contribution in [1.29, 1.82) is 0 Å². The van der Waals surface area contributed by atoms with Gasteiger partial charge in [-0.3, -0.25) is 14.9 Å². The van der Waals surface area contributed by atoms with Crippen molar-refractivity contribution in [3.63, 3.8) is 0 Å². The summed E-state index contributed by atoms with van der Waals surface area (Å²) in [5, 5.41) is 19.6. The zero-order valence-electron chi connectivity index (χ0n) is 9.78. The number of nitro groups is 1. The summed E-state index contributed by atoms with van der Waals surface area (Å²) in [7, 11) is 0. The van der Waals surface area contributed by atoms with E-state index >= 15 is 0 Å². The summed E-state index contributed by atoms with van der Waals surface area (Å²) in [5.41, 5.74) is -0.632. The highest BCUT2D eigenvalue weighted by Crippen LogP contribution is 2.19. The molecule has 0 unspecified atom stereocenters. The molecule has 0 atom stereocenters. The van der Waals surface area contributed by atoms with Gasteiger partial charge in [-0.1, -0.05) is 0 Å². The number of halogens is 1. The van der Waals surface area contributed by atoms with Crippen LogP contribution in [0.5, 0.6) is 0 Å². The maximum Gasteiger partial charge on any atom is 0.345 e. The second-order valence-electron chi connectivity index (χ2n) is 3.81. The molecule has 7 nitrogen and oxygen atoms in total. The molecule has 0 amide bonds. The molecular weight excluding hydrogens is 352 g/mol. The fraction of sp³-hybridized carbons (Fsp3) is 0.0909. The summed E-state index contributed by atoms with van der Waals surface area (Å²) in [6.45, 7) is 0.0804. The van der Waals surface area contributed by atoms with Crippen LogP contribution in [0.25, 0.3) is 0 Å². The molecule has 0 radical (unpaired) electrons. The fourth-order valence-corrected chi connectivity index (χ4v) is 2.86. The number of pyridine rings is 1. The zero-order valence-corrected chi connectivity index (χ0v) is 12.2. The number of carbonyl (C=O) groups is 1. The highest BCUT2D eigenvalue weighted by molar-refractivity contribution is 9.10. The lowest BCUT2D eigenvalue weighted by Crippen LogP contribution is -2.20. The molecule has 0 spiro atoms. The number of carboxylic acid groups (broad SMARTS) is 1. The minimum absolute atomic E-state index is 0.0804. The van der Waals surface area contributed by atoms with Crippen molar-refractivity contribution in [3.8, 4) is 0 Å². The second kappa shape index (κ2) is 5.55. The van der Waals surface area contributed by atoms with E-state index in [1.807, 2.05) is 0 Å². The van der Waals surface area contributed by atoms with E-state index in [2.05, 4.69) is 15.9 Å². The summed E-state index contributed by atoms with van der Waals surface area (Å²) >= 11 is 4.00. The number of aromatic nitrogens is 1. The lowest BCUT2D eigenvalue weighted by molar-refractivity contribution is -0.385. The Kier molecular flexibility index (Phi) is 4.00. The molecule has 0 saturated heterocycles. The van der Waals surface area contributed by atoms with Gasteiger partial charge in [0, 0.05) is 10.9 Å². The second-order valence-corrected chi connectivity index (χ2v) is 5.83. The molecule has 2 aromatic rings. The van der Waals surface area contributed by atoms with Crippen LogP contribution in [0, 0.1) is 10.1 Å². The highest BCUT2D eigenvalue weighted by atomic mass is 79.9. The van der Waals surface area contributed by atoms with E-state index in [4.69, 9.17) is 5.11 Å². The van der Waals surface area contributed by atoms with Crippen molar-refractivity contribution >= 4 is 38.9 Å². The molecule has 2 heterocycles. The van der Waals surface area contributed by atoms with Crippen molar-refractivity contribution in [2.45, 2.75) is 6.54 Å². The van der Waals surface area contributed by atoms with Crippen molar-refractivity contribution in [2.75, 3.05) is 0 Å². The van der Waals surface area contributed by atoms with E-state index < -0.39 is 16.5 Å². The maximum absolute atomic E-state index is 11.9. The van der Waals surface area contributed by atoms with Gasteiger partial charge in [-0.25, -0.2) is 4.79 Å². The van der Waals surface area contributed by atoms with E-state index in [-0.39, 0.29) is 21.6 Å². The van der Waals surface area contributed by atoms with Crippen molar-refractivity contribution in [1.82, 2.24) is 4.57 Å². The molecule has 0 bridgehead atoms. The Morgan fingerprint density at radius 3 is 2.75 bits per heavy atom. The van der Waals surface area contributed by atoms with Crippen LogP contribution in [0.3, 0.4) is 0 Å². The molecule has 0 aliphatic rings. The lowest BCUT2D eigenvalue weighted by atomic mass is 10.4. The average Bonchev–Trinajstić information content (AvgIpc) is 2.83. The number of hydrogen-bond acceptors (Lipinski definition) is 5. The van der Waals surface area contributed by atoms with Gasteiger partial charge in [-0.05, 0) is 28.1 Å². The van der Waals surface area contributed by atoms with Crippen molar-refractivity contribution in [2.24, 2.45) is 0 Å². The van der Waals surface area contributed by atoms with Crippen LogP contribution in [0.2, 0.25) is 0 Å². The average molecular weight is 359 g/mol. The largest absolute Gasteiger partial charge is 0.477 e. The Morgan fingerprint density at radius 1 is 1.50 bits per heavy atom. The summed E-state index contributed by atoms with van der Waals surface area (Å²) in [6.07, 6.45) is 1.13. The number of carboxylic acids is 1. The SMILES string of the molecule is O=C(O)c1ccc(Cn2cc([N+](=O)[O-])cc(Br)c2=O)s1. The van der Waals surface area contributed by atoms with Crippen LogP contribution in [0.1, 0.15) is 14.5 Å². The molecule has 0 aliphatic heterocycles. The van der Waals surface area contributed by atoms with Gasteiger partial charge < -0.3 is 9.67 Å². The first-order chi connectivity index (χ1) is 9.38. The molecular formula is C11H7BrN2O5S. The van der Waals surface area contributed by atoms with Crippen LogP contribution in [-0.4, -0.2) is 20.6 Å². The normalized spacial score (nSPS) is 10.4. The standard InChI is InChI=1S/C11H7BrN2O5S/c12-8-3-6(14(18)19)4-13(10(8)15)5-7-1-2-9(20-7)11(16)17/h1-4H,5H2,(H,16,17). The minimum atomic E-state index is -1.05. The quantitative estimate of drug-likeness (QED) is 0.667. The Hall–Kier alpha value is -2.00. The van der Waals surface area contributed by atoms with Gasteiger partial charge >= 0.3 is 5.97 Å². The number of rotatable bonds is 4. The molecule has 104 valence electrons. The topological polar surface area (TPSA) is 102 Å². The summed E-state index contributed by atoms with van der Waals surface area (Å²) in [4.78, 5) is 33.6.